The molecule has 0 spiro atoms. The van der Waals surface area contributed by atoms with Crippen LogP contribution >= 0.6 is 38.9 Å². The molecule has 1 N–H and O–H groups in total. The molecule has 0 radical (unpaired) electrons. The van der Waals surface area contributed by atoms with Crippen molar-refractivity contribution in [2.75, 3.05) is 24.3 Å². The summed E-state index contributed by atoms with van der Waals surface area (Å²) in [5, 5.41) is 5.30. The summed E-state index contributed by atoms with van der Waals surface area (Å²) in [4.78, 5) is 14.6. The smallest absolute Gasteiger partial charge is 0.266 e. The zero-order valence-corrected chi connectivity index (χ0v) is 13.6. The van der Waals surface area contributed by atoms with Gasteiger partial charge in [-0.2, -0.15) is 0 Å². The van der Waals surface area contributed by atoms with Gasteiger partial charge in [-0.25, -0.2) is 0 Å². The summed E-state index contributed by atoms with van der Waals surface area (Å²) in [6, 6.07) is 7.31. The largest absolute Gasteiger partial charge is 0.376 e. The van der Waals surface area contributed by atoms with Gasteiger partial charge in [0.05, 0.1) is 10.7 Å². The molecule has 2 rings (SSSR count). The zero-order valence-electron chi connectivity index (χ0n) is 10.4. The Morgan fingerprint density at radius 2 is 2.11 bits per heavy atom. The molecule has 0 saturated heterocycles. The standard InChI is InChI=1S/C13H12BrClN2OS/c1-17(2)11-4-3-8(7-10(11)15)16-13(18)12-9(14)5-6-19-12/h3-7H,1-2H3,(H,16,18). The minimum absolute atomic E-state index is 0.143. The zero-order chi connectivity index (χ0) is 14.0. The van der Waals surface area contributed by atoms with Crippen LogP contribution in [0.4, 0.5) is 11.4 Å². The number of halogens is 2. The normalized spacial score (nSPS) is 10.3. The number of carbonyl (C=O) groups excluding carboxylic acids is 1. The Morgan fingerprint density at radius 3 is 2.63 bits per heavy atom. The quantitative estimate of drug-likeness (QED) is 0.876. The SMILES string of the molecule is CN(C)c1ccc(NC(=O)c2sccc2Br)cc1Cl. The highest BCUT2D eigenvalue weighted by Crippen LogP contribution is 2.28. The highest BCUT2D eigenvalue weighted by Gasteiger charge is 2.12. The molecule has 3 nitrogen and oxygen atoms in total. The maximum atomic E-state index is 12.0. The van der Waals surface area contributed by atoms with Gasteiger partial charge in [-0.05, 0) is 45.6 Å². The van der Waals surface area contributed by atoms with Gasteiger partial charge in [-0.1, -0.05) is 11.6 Å². The van der Waals surface area contributed by atoms with E-state index in [1.165, 1.54) is 11.3 Å². The van der Waals surface area contributed by atoms with Crippen LogP contribution in [0, 0.1) is 0 Å². The minimum Gasteiger partial charge on any atom is -0.376 e. The van der Waals surface area contributed by atoms with E-state index in [9.17, 15) is 4.79 Å². The molecule has 1 aromatic carbocycles. The second kappa shape index (κ2) is 5.94. The number of carbonyl (C=O) groups is 1. The molecule has 1 aromatic heterocycles. The molecule has 0 saturated carbocycles. The first kappa shape index (κ1) is 14.4. The first-order valence-corrected chi connectivity index (χ1v) is 7.55. The first-order chi connectivity index (χ1) is 8.99. The van der Waals surface area contributed by atoms with Crippen molar-refractivity contribution in [2.24, 2.45) is 0 Å². The van der Waals surface area contributed by atoms with Gasteiger partial charge in [0.15, 0.2) is 0 Å². The second-order valence-corrected chi connectivity index (χ2v) is 6.29. The molecule has 6 heteroatoms. The predicted octanol–water partition coefficient (Wildman–Crippen LogP) is 4.48. The lowest BCUT2D eigenvalue weighted by molar-refractivity contribution is 0.103. The maximum Gasteiger partial charge on any atom is 0.266 e. The second-order valence-electron chi connectivity index (χ2n) is 4.11. The Labute approximate surface area is 129 Å². The van der Waals surface area contributed by atoms with Crippen molar-refractivity contribution in [1.29, 1.82) is 0 Å². The molecule has 0 aliphatic rings. The summed E-state index contributed by atoms with van der Waals surface area (Å²) < 4.78 is 0.797. The molecule has 100 valence electrons. The topological polar surface area (TPSA) is 32.3 Å². The minimum atomic E-state index is -0.143. The molecular formula is C13H12BrClN2OS. The fraction of sp³-hybridized carbons (Fsp3) is 0.154. The monoisotopic (exact) mass is 358 g/mol. The van der Waals surface area contributed by atoms with Crippen LogP contribution in [-0.4, -0.2) is 20.0 Å². The molecule has 0 atom stereocenters. The number of rotatable bonds is 3. The fourth-order valence-corrected chi connectivity index (χ4v) is 3.39. The van der Waals surface area contributed by atoms with Crippen LogP contribution < -0.4 is 10.2 Å². The molecule has 0 aliphatic heterocycles. The average molecular weight is 360 g/mol. The lowest BCUT2D eigenvalue weighted by atomic mass is 10.2. The van der Waals surface area contributed by atoms with Crippen LogP contribution in [0.2, 0.25) is 5.02 Å². The van der Waals surface area contributed by atoms with Gasteiger partial charge in [-0.3, -0.25) is 4.79 Å². The van der Waals surface area contributed by atoms with Gasteiger partial charge >= 0.3 is 0 Å². The first-order valence-electron chi connectivity index (χ1n) is 5.50. The number of amides is 1. The Morgan fingerprint density at radius 1 is 1.37 bits per heavy atom. The summed E-state index contributed by atoms with van der Waals surface area (Å²) in [6.45, 7) is 0. The third kappa shape index (κ3) is 3.29. The van der Waals surface area contributed by atoms with Crippen molar-refractivity contribution in [1.82, 2.24) is 0 Å². The lowest BCUT2D eigenvalue weighted by Crippen LogP contribution is -2.12. The van der Waals surface area contributed by atoms with Crippen molar-refractivity contribution >= 4 is 56.1 Å². The van der Waals surface area contributed by atoms with Crippen LogP contribution in [0.25, 0.3) is 0 Å². The molecule has 1 heterocycles. The van der Waals surface area contributed by atoms with E-state index in [1.54, 1.807) is 6.07 Å². The summed E-state index contributed by atoms with van der Waals surface area (Å²) in [6.07, 6.45) is 0. The van der Waals surface area contributed by atoms with Crippen LogP contribution in [0.1, 0.15) is 9.67 Å². The van der Waals surface area contributed by atoms with Gasteiger partial charge in [0, 0.05) is 24.3 Å². The van der Waals surface area contributed by atoms with Crippen molar-refractivity contribution in [3.8, 4) is 0 Å². The Kier molecular flexibility index (Phi) is 4.50. The van der Waals surface area contributed by atoms with Gasteiger partial charge in [0.2, 0.25) is 0 Å². The Bertz CT molecular complexity index is 612. The van der Waals surface area contributed by atoms with Gasteiger partial charge < -0.3 is 10.2 Å². The summed E-state index contributed by atoms with van der Waals surface area (Å²) in [5.41, 5.74) is 1.60. The number of nitrogens with zero attached hydrogens (tertiary/aromatic N) is 1. The van der Waals surface area contributed by atoms with Crippen LogP contribution in [0.3, 0.4) is 0 Å². The highest BCUT2D eigenvalue weighted by molar-refractivity contribution is 9.10. The van der Waals surface area contributed by atoms with E-state index in [1.807, 2.05) is 42.6 Å². The van der Waals surface area contributed by atoms with E-state index >= 15 is 0 Å². The van der Waals surface area contributed by atoms with Gasteiger partial charge in [0.25, 0.3) is 5.91 Å². The van der Waals surface area contributed by atoms with Crippen LogP contribution in [0.5, 0.6) is 0 Å². The van der Waals surface area contributed by atoms with Crippen LogP contribution in [0.15, 0.2) is 34.1 Å². The average Bonchev–Trinajstić information content (AvgIpc) is 2.75. The van der Waals surface area contributed by atoms with E-state index in [2.05, 4.69) is 21.2 Å². The Hall–Kier alpha value is -1.04. The third-order valence-electron chi connectivity index (χ3n) is 2.51. The van der Waals surface area contributed by atoms with Crippen molar-refractivity contribution < 1.29 is 4.79 Å². The Balaban J connectivity index is 2.18. The number of anilines is 2. The van der Waals surface area contributed by atoms with Gasteiger partial charge in [-0.15, -0.1) is 11.3 Å². The number of nitrogens with one attached hydrogen (secondary N) is 1. The van der Waals surface area contributed by atoms with Crippen molar-refractivity contribution in [3.63, 3.8) is 0 Å². The molecule has 0 bridgehead atoms. The van der Waals surface area contributed by atoms with E-state index in [4.69, 9.17) is 11.6 Å². The van der Waals surface area contributed by atoms with E-state index < -0.39 is 0 Å². The van der Waals surface area contributed by atoms with E-state index in [-0.39, 0.29) is 5.91 Å². The molecule has 2 aromatic rings. The van der Waals surface area contributed by atoms with Crippen molar-refractivity contribution in [3.05, 3.63) is 44.0 Å². The summed E-state index contributed by atoms with van der Waals surface area (Å²) in [5.74, 6) is -0.143. The summed E-state index contributed by atoms with van der Waals surface area (Å²) in [7, 11) is 3.84. The number of thiophene rings is 1. The molecule has 0 fully saturated rings. The summed E-state index contributed by atoms with van der Waals surface area (Å²) >= 11 is 10.9. The van der Waals surface area contributed by atoms with Crippen molar-refractivity contribution in [2.45, 2.75) is 0 Å². The predicted molar refractivity (Wildman–Crippen MR) is 85.8 cm³/mol. The van der Waals surface area contributed by atoms with Crippen LogP contribution in [-0.2, 0) is 0 Å². The van der Waals surface area contributed by atoms with Gasteiger partial charge in [0.1, 0.15) is 4.88 Å². The molecule has 19 heavy (non-hydrogen) atoms. The number of hydrogen-bond donors (Lipinski definition) is 1. The highest BCUT2D eigenvalue weighted by atomic mass is 79.9. The number of benzene rings is 1. The molecule has 0 aliphatic carbocycles. The van der Waals surface area contributed by atoms with E-state index in [0.29, 0.717) is 15.6 Å². The maximum absolute atomic E-state index is 12.0. The van der Waals surface area contributed by atoms with E-state index in [0.717, 1.165) is 10.2 Å². The third-order valence-corrected chi connectivity index (χ3v) is 4.65. The molecular weight excluding hydrogens is 348 g/mol. The molecule has 1 amide bonds. The number of hydrogen-bond acceptors (Lipinski definition) is 3. The lowest BCUT2D eigenvalue weighted by Gasteiger charge is -2.15. The fourth-order valence-electron chi connectivity index (χ4n) is 1.59. The molecule has 0 unspecified atom stereocenters.